The maximum atomic E-state index is 12.9. The number of esters is 2. The van der Waals surface area contributed by atoms with Gasteiger partial charge in [-0.2, -0.15) is 0 Å². The van der Waals surface area contributed by atoms with Crippen molar-refractivity contribution in [1.29, 1.82) is 0 Å². The number of phosphoric ester groups is 1. The first-order valence-corrected chi connectivity index (χ1v) is 39.3. The Hall–Kier alpha value is -6.19. The van der Waals surface area contributed by atoms with Crippen LogP contribution in [0.15, 0.2) is 243 Å². The quantitative estimate of drug-likeness (QED) is 0.0211. The van der Waals surface area contributed by atoms with E-state index in [2.05, 4.69) is 257 Å². The van der Waals surface area contributed by atoms with Gasteiger partial charge < -0.3 is 18.9 Å². The van der Waals surface area contributed by atoms with Gasteiger partial charge in [0.2, 0.25) is 0 Å². The lowest BCUT2D eigenvalue weighted by Crippen LogP contribution is -2.37. The second-order valence-electron chi connectivity index (χ2n) is 25.2. The van der Waals surface area contributed by atoms with Gasteiger partial charge in [-0.05, 0) is 167 Å². The zero-order valence-corrected chi connectivity index (χ0v) is 63.0. The standard InChI is InChI=1S/C88H136NO8P/c1-6-8-10-12-14-16-18-20-22-24-26-28-30-32-34-36-38-40-42-44-46-48-50-52-54-56-58-60-62-64-66-68-70-72-74-76-78-80-87(90)94-84-86(85-96-98(92,93)95-83-82-89(3,4)5)97-88(91)81-79-77-75-73-71-69-67-65-63-61-59-57-55-53-51-49-47-45-43-41-39-37-35-33-31-29-27-25-23-21-19-17-15-13-11-9-7-2/h8-11,14-17,20-23,26-29,32-35,38-41,44-47,50-53,56-59,63,65,69,71,86H,6-7,12-13,18-19,24-25,30-31,36-37,42-43,48-49,54-55,60-62,64,66-68,70,72-85H2,1-5H3/p+1/b10-8-,11-9-,16-14-,17-15-,22-20-,23-21-,28-26-,29-27-,34-32-,35-33-,40-38-,41-39-,46-44-,47-45-,52-50-,53-51-,58-56-,59-57-,65-63-,71-69-. The minimum absolute atomic E-state index is 0.0101. The molecule has 0 heterocycles. The molecule has 0 bridgehead atoms. The van der Waals surface area contributed by atoms with Gasteiger partial charge in [0.15, 0.2) is 6.10 Å². The van der Waals surface area contributed by atoms with E-state index >= 15 is 0 Å². The molecule has 0 aromatic carbocycles. The number of carbonyl (C=O) groups excluding carboxylic acids is 2. The highest BCUT2D eigenvalue weighted by Gasteiger charge is 2.27. The van der Waals surface area contributed by atoms with Gasteiger partial charge in [0.25, 0.3) is 0 Å². The summed E-state index contributed by atoms with van der Waals surface area (Å²) in [6, 6.07) is 0. The van der Waals surface area contributed by atoms with Crippen LogP contribution in [0.4, 0.5) is 0 Å². The van der Waals surface area contributed by atoms with E-state index in [1.54, 1.807) is 0 Å². The van der Waals surface area contributed by atoms with Crippen molar-refractivity contribution in [2.24, 2.45) is 0 Å². The van der Waals surface area contributed by atoms with Crippen LogP contribution in [0.3, 0.4) is 0 Å². The van der Waals surface area contributed by atoms with Gasteiger partial charge in [0, 0.05) is 12.8 Å². The fraction of sp³-hybridized carbons (Fsp3) is 0.523. The molecule has 0 amide bonds. The van der Waals surface area contributed by atoms with Crippen molar-refractivity contribution in [3.05, 3.63) is 243 Å². The van der Waals surface area contributed by atoms with Crippen LogP contribution >= 0.6 is 7.82 Å². The lowest BCUT2D eigenvalue weighted by atomic mass is 10.1. The number of allylic oxidation sites excluding steroid dienone is 40. The Morgan fingerprint density at radius 2 is 0.551 bits per heavy atom. The van der Waals surface area contributed by atoms with E-state index in [9.17, 15) is 19.0 Å². The van der Waals surface area contributed by atoms with Crippen molar-refractivity contribution in [3.63, 3.8) is 0 Å². The highest BCUT2D eigenvalue weighted by Crippen LogP contribution is 2.43. The summed E-state index contributed by atoms with van der Waals surface area (Å²) in [4.78, 5) is 35.9. The molecule has 0 aliphatic heterocycles. The summed E-state index contributed by atoms with van der Waals surface area (Å²) in [7, 11) is 1.42. The van der Waals surface area contributed by atoms with E-state index in [-0.39, 0.29) is 26.1 Å². The number of phosphoric acid groups is 1. The lowest BCUT2D eigenvalue weighted by molar-refractivity contribution is -0.870. The summed E-state index contributed by atoms with van der Waals surface area (Å²) in [5.41, 5.74) is 0. The van der Waals surface area contributed by atoms with Gasteiger partial charge in [0.1, 0.15) is 19.8 Å². The van der Waals surface area contributed by atoms with Crippen LogP contribution in [0.2, 0.25) is 0 Å². The molecule has 0 spiro atoms. The van der Waals surface area contributed by atoms with Crippen molar-refractivity contribution in [2.45, 2.75) is 251 Å². The molecule has 0 aliphatic carbocycles. The molecule has 0 fully saturated rings. The molecule has 98 heavy (non-hydrogen) atoms. The Morgan fingerprint density at radius 3 is 0.827 bits per heavy atom. The second-order valence-corrected chi connectivity index (χ2v) is 26.7. The SMILES string of the molecule is CC/C=C\C/C=C\C/C=C\C/C=C\C/C=C\C/C=C\C/C=C\C/C=C\C/C=C\C/C=C\C/C=C\CCCCCC(=O)OC(COC(=O)CCCCCCCCCCC/C=C\C/C=C\C/C=C\C/C=C\C/C=C\C/C=C\C/C=C\C/C=C\C/C=C\CC)COP(=O)(O)OCC[N+](C)(C)C. The largest absolute Gasteiger partial charge is 0.472 e. The van der Waals surface area contributed by atoms with Crippen molar-refractivity contribution in [3.8, 4) is 0 Å². The summed E-state index contributed by atoms with van der Waals surface area (Å²) in [6.45, 7) is 4.13. The van der Waals surface area contributed by atoms with E-state index in [0.717, 1.165) is 173 Å². The minimum atomic E-state index is -4.43. The first kappa shape index (κ1) is 91.8. The maximum Gasteiger partial charge on any atom is 0.472 e. The third kappa shape index (κ3) is 78.8. The van der Waals surface area contributed by atoms with Gasteiger partial charge >= 0.3 is 19.8 Å². The van der Waals surface area contributed by atoms with E-state index in [0.29, 0.717) is 23.9 Å². The molecule has 0 radical (unpaired) electrons. The van der Waals surface area contributed by atoms with Gasteiger partial charge in [-0.15, -0.1) is 0 Å². The molecular weight excluding hydrogens is 1230 g/mol. The van der Waals surface area contributed by atoms with Gasteiger partial charge in [-0.3, -0.25) is 18.6 Å². The fourth-order valence-corrected chi connectivity index (χ4v) is 9.93. The topological polar surface area (TPSA) is 108 Å². The number of likely N-dealkylation sites (N-methyl/N-ethyl adjacent to an activating group) is 1. The summed E-state index contributed by atoms with van der Waals surface area (Å²) in [5.74, 6) is -0.862. The molecular formula is C88H137NO8P+. The zero-order valence-electron chi connectivity index (χ0n) is 62.2. The summed E-state index contributed by atoms with van der Waals surface area (Å²) < 4.78 is 34.7. The number of quaternary nitrogens is 1. The van der Waals surface area contributed by atoms with Crippen molar-refractivity contribution in [1.82, 2.24) is 0 Å². The third-order valence-electron chi connectivity index (χ3n) is 14.9. The van der Waals surface area contributed by atoms with Crippen LogP contribution in [0.25, 0.3) is 0 Å². The summed E-state index contributed by atoms with van der Waals surface area (Å²) in [5, 5.41) is 0. The Labute approximate surface area is 600 Å². The average Bonchev–Trinajstić information content (AvgIpc) is 1.08. The molecule has 2 unspecified atom stereocenters. The smallest absolute Gasteiger partial charge is 0.462 e. The Morgan fingerprint density at radius 1 is 0.316 bits per heavy atom. The van der Waals surface area contributed by atoms with Crippen LogP contribution in [0, 0.1) is 0 Å². The Bertz CT molecular complexity index is 2560. The van der Waals surface area contributed by atoms with E-state index in [1.165, 1.54) is 32.1 Å². The predicted molar refractivity (Wildman–Crippen MR) is 426 cm³/mol. The van der Waals surface area contributed by atoms with Gasteiger partial charge in [0.05, 0.1) is 27.7 Å². The van der Waals surface area contributed by atoms with Crippen LogP contribution in [0.1, 0.15) is 245 Å². The summed E-state index contributed by atoms with van der Waals surface area (Å²) in [6.07, 6.45) is 123. The molecule has 0 saturated heterocycles. The molecule has 0 saturated carbocycles. The zero-order chi connectivity index (χ0) is 71.1. The number of unbranched alkanes of at least 4 members (excludes halogenated alkanes) is 12. The number of ether oxygens (including phenoxy) is 2. The first-order valence-electron chi connectivity index (χ1n) is 37.8. The molecule has 546 valence electrons. The van der Waals surface area contributed by atoms with Gasteiger partial charge in [-0.1, -0.05) is 308 Å². The minimum Gasteiger partial charge on any atom is -0.462 e. The second kappa shape index (κ2) is 75.0. The number of hydrogen-bond acceptors (Lipinski definition) is 7. The van der Waals surface area contributed by atoms with Crippen LogP contribution < -0.4 is 0 Å². The average molecular weight is 1370 g/mol. The Kier molecular flexibility index (Phi) is 70.3. The van der Waals surface area contributed by atoms with Crippen LogP contribution in [-0.4, -0.2) is 74.9 Å². The highest BCUT2D eigenvalue weighted by molar-refractivity contribution is 7.47. The molecule has 10 heteroatoms. The fourth-order valence-electron chi connectivity index (χ4n) is 9.19. The van der Waals surface area contributed by atoms with E-state index < -0.39 is 32.5 Å². The number of hydrogen-bond donors (Lipinski definition) is 1. The summed E-state index contributed by atoms with van der Waals surface area (Å²) >= 11 is 0. The van der Waals surface area contributed by atoms with Crippen LogP contribution in [-0.2, 0) is 32.7 Å². The molecule has 0 aliphatic rings. The predicted octanol–water partition coefficient (Wildman–Crippen LogP) is 25.5. The van der Waals surface area contributed by atoms with Crippen LogP contribution in [0.5, 0.6) is 0 Å². The number of rotatable bonds is 66. The maximum absolute atomic E-state index is 12.9. The normalized spacial score (nSPS) is 14.5. The van der Waals surface area contributed by atoms with E-state index in [4.69, 9.17) is 18.5 Å². The van der Waals surface area contributed by atoms with Crippen molar-refractivity contribution >= 4 is 19.8 Å². The molecule has 0 rings (SSSR count). The van der Waals surface area contributed by atoms with Crippen molar-refractivity contribution in [2.75, 3.05) is 47.5 Å². The number of carbonyl (C=O) groups is 2. The third-order valence-corrected chi connectivity index (χ3v) is 15.9. The molecule has 2 atom stereocenters. The van der Waals surface area contributed by atoms with E-state index in [1.807, 2.05) is 21.1 Å². The molecule has 9 nitrogen and oxygen atoms in total. The highest BCUT2D eigenvalue weighted by atomic mass is 31.2. The lowest BCUT2D eigenvalue weighted by Gasteiger charge is -2.24. The number of nitrogens with zero attached hydrogens (tertiary/aromatic N) is 1. The molecule has 0 aromatic rings. The van der Waals surface area contributed by atoms with Crippen molar-refractivity contribution < 1.29 is 42.1 Å². The monoisotopic (exact) mass is 1370 g/mol. The van der Waals surface area contributed by atoms with Gasteiger partial charge in [-0.25, -0.2) is 4.57 Å². The Balaban J connectivity index is 4.21. The first-order chi connectivity index (χ1) is 48.0. The molecule has 0 aromatic heterocycles. The molecule has 1 N–H and O–H groups in total.